The first-order valence-electron chi connectivity index (χ1n) is 6.39. The highest BCUT2D eigenvalue weighted by Gasteiger charge is 2.23. The molecular formula is C13H20N2O4S. The molecule has 0 radical (unpaired) electrons. The van der Waals surface area contributed by atoms with Crippen LogP contribution in [0.3, 0.4) is 0 Å². The van der Waals surface area contributed by atoms with Gasteiger partial charge < -0.3 is 15.6 Å². The van der Waals surface area contributed by atoms with Gasteiger partial charge in [-0.2, -0.15) is 0 Å². The van der Waals surface area contributed by atoms with Crippen molar-refractivity contribution in [3.05, 3.63) is 16.1 Å². The van der Waals surface area contributed by atoms with Crippen molar-refractivity contribution < 1.29 is 19.4 Å². The highest BCUT2D eigenvalue weighted by atomic mass is 32.1. The summed E-state index contributed by atoms with van der Waals surface area (Å²) in [6.07, 6.45) is -0.0192. The number of carbonyl (C=O) groups excluding carboxylic acids is 1. The molecule has 1 unspecified atom stereocenters. The normalized spacial score (nSPS) is 14.1. The van der Waals surface area contributed by atoms with E-state index in [-0.39, 0.29) is 13.0 Å². The minimum absolute atomic E-state index is 0.0192. The molecule has 7 heteroatoms. The first-order chi connectivity index (χ1) is 9.31. The van der Waals surface area contributed by atoms with E-state index in [9.17, 15) is 9.59 Å². The third kappa shape index (κ3) is 4.90. The molecule has 1 aromatic heterocycles. The zero-order valence-corrected chi connectivity index (χ0v) is 12.6. The molecule has 0 aliphatic carbocycles. The van der Waals surface area contributed by atoms with Crippen LogP contribution in [0.25, 0.3) is 0 Å². The molecule has 112 valence electrons. The summed E-state index contributed by atoms with van der Waals surface area (Å²) in [5, 5.41) is 11.6. The number of rotatable bonds is 7. The number of hydrogen-bond donors (Lipinski definition) is 2. The molecule has 0 fully saturated rings. The van der Waals surface area contributed by atoms with Crippen molar-refractivity contribution in [3.8, 4) is 0 Å². The summed E-state index contributed by atoms with van der Waals surface area (Å²) in [5.41, 5.74) is 6.14. The zero-order chi connectivity index (χ0) is 15.3. The van der Waals surface area contributed by atoms with Gasteiger partial charge in [0.25, 0.3) is 0 Å². The van der Waals surface area contributed by atoms with Crippen LogP contribution in [0.2, 0.25) is 0 Å². The lowest BCUT2D eigenvalue weighted by Crippen LogP contribution is -2.37. The Balaban J connectivity index is 2.41. The van der Waals surface area contributed by atoms with E-state index in [0.717, 1.165) is 5.01 Å². The van der Waals surface area contributed by atoms with Crippen LogP contribution in [0.5, 0.6) is 0 Å². The number of nitrogens with two attached hydrogens (primary N) is 1. The second-order valence-corrected chi connectivity index (χ2v) is 5.93. The molecule has 2 atom stereocenters. The number of aliphatic carboxylic acids is 1. The maximum Gasteiger partial charge on any atom is 0.320 e. The third-order valence-electron chi connectivity index (χ3n) is 2.83. The predicted octanol–water partition coefficient (Wildman–Crippen LogP) is 1.75. The molecule has 1 rings (SSSR count). The summed E-state index contributed by atoms with van der Waals surface area (Å²) in [5.74, 6) is -1.71. The Bertz CT molecular complexity index is 473. The number of ether oxygens (including phenoxy) is 1. The minimum atomic E-state index is -1.12. The lowest BCUT2D eigenvalue weighted by atomic mass is 9.99. The Morgan fingerprint density at radius 3 is 2.60 bits per heavy atom. The molecule has 1 heterocycles. The van der Waals surface area contributed by atoms with Gasteiger partial charge >= 0.3 is 11.9 Å². The fourth-order valence-corrected chi connectivity index (χ4v) is 2.32. The van der Waals surface area contributed by atoms with Gasteiger partial charge in [0.2, 0.25) is 0 Å². The summed E-state index contributed by atoms with van der Waals surface area (Å²) in [7, 11) is 0. The van der Waals surface area contributed by atoms with Crippen LogP contribution in [0.1, 0.15) is 43.8 Å². The van der Waals surface area contributed by atoms with Gasteiger partial charge in [0.1, 0.15) is 12.6 Å². The lowest BCUT2D eigenvalue weighted by molar-refractivity contribution is -0.147. The summed E-state index contributed by atoms with van der Waals surface area (Å²) in [6.45, 7) is 5.81. The van der Waals surface area contributed by atoms with Crippen LogP contribution in [-0.4, -0.2) is 28.1 Å². The molecule has 0 aliphatic rings. The number of hydrogen-bond acceptors (Lipinski definition) is 6. The van der Waals surface area contributed by atoms with Gasteiger partial charge in [-0.3, -0.25) is 9.59 Å². The lowest BCUT2D eigenvalue weighted by Gasteiger charge is -2.14. The van der Waals surface area contributed by atoms with E-state index < -0.39 is 23.9 Å². The summed E-state index contributed by atoms with van der Waals surface area (Å²) in [6, 6.07) is -1.06. The van der Waals surface area contributed by atoms with E-state index in [0.29, 0.717) is 11.6 Å². The van der Waals surface area contributed by atoms with Gasteiger partial charge in [-0.15, -0.1) is 11.3 Å². The Morgan fingerprint density at radius 2 is 2.10 bits per heavy atom. The van der Waals surface area contributed by atoms with E-state index in [2.05, 4.69) is 4.98 Å². The molecule has 0 spiro atoms. The summed E-state index contributed by atoms with van der Waals surface area (Å²) < 4.78 is 5.08. The van der Waals surface area contributed by atoms with E-state index in [1.165, 1.54) is 11.3 Å². The van der Waals surface area contributed by atoms with Crippen LogP contribution in [0.15, 0.2) is 5.38 Å². The molecule has 0 saturated heterocycles. The summed E-state index contributed by atoms with van der Waals surface area (Å²) in [4.78, 5) is 26.6. The Hall–Kier alpha value is -1.47. The van der Waals surface area contributed by atoms with E-state index >= 15 is 0 Å². The Labute approximate surface area is 122 Å². The van der Waals surface area contributed by atoms with Crippen molar-refractivity contribution in [2.75, 3.05) is 0 Å². The topological polar surface area (TPSA) is 103 Å². The SMILES string of the molecule is CC(C)c1nc(COC(=O)CC(C)[C@H](N)C(=O)O)cs1. The van der Waals surface area contributed by atoms with Gasteiger partial charge in [-0.1, -0.05) is 20.8 Å². The van der Waals surface area contributed by atoms with Crippen LogP contribution >= 0.6 is 11.3 Å². The van der Waals surface area contributed by atoms with E-state index in [4.69, 9.17) is 15.6 Å². The number of esters is 1. The van der Waals surface area contributed by atoms with Crippen molar-refractivity contribution in [1.82, 2.24) is 4.98 Å². The molecule has 0 bridgehead atoms. The first-order valence-corrected chi connectivity index (χ1v) is 7.27. The van der Waals surface area contributed by atoms with Crippen LogP contribution in [-0.2, 0) is 20.9 Å². The van der Waals surface area contributed by atoms with Crippen molar-refractivity contribution >= 4 is 23.3 Å². The van der Waals surface area contributed by atoms with Gasteiger partial charge in [-0.05, 0) is 5.92 Å². The second-order valence-electron chi connectivity index (χ2n) is 5.04. The first kappa shape index (κ1) is 16.6. The molecular weight excluding hydrogens is 280 g/mol. The van der Waals surface area contributed by atoms with Gasteiger partial charge in [-0.25, -0.2) is 4.98 Å². The van der Waals surface area contributed by atoms with Crippen molar-refractivity contribution in [1.29, 1.82) is 0 Å². The number of aromatic nitrogens is 1. The average Bonchev–Trinajstić information content (AvgIpc) is 2.84. The van der Waals surface area contributed by atoms with Crippen molar-refractivity contribution in [2.45, 2.75) is 45.8 Å². The van der Waals surface area contributed by atoms with Crippen LogP contribution < -0.4 is 5.73 Å². The summed E-state index contributed by atoms with van der Waals surface area (Å²) >= 11 is 1.53. The van der Waals surface area contributed by atoms with Gasteiger partial charge in [0, 0.05) is 11.3 Å². The predicted molar refractivity (Wildman–Crippen MR) is 75.4 cm³/mol. The Kier molecular flexibility index (Phi) is 6.09. The van der Waals surface area contributed by atoms with Crippen LogP contribution in [0, 0.1) is 5.92 Å². The van der Waals surface area contributed by atoms with Gasteiger partial charge in [0.05, 0.1) is 17.1 Å². The molecule has 0 aromatic carbocycles. The van der Waals surface area contributed by atoms with Crippen LogP contribution in [0.4, 0.5) is 0 Å². The molecule has 3 N–H and O–H groups in total. The van der Waals surface area contributed by atoms with E-state index in [1.807, 2.05) is 19.2 Å². The number of thiazole rings is 1. The molecule has 20 heavy (non-hydrogen) atoms. The van der Waals surface area contributed by atoms with Crippen molar-refractivity contribution in [2.24, 2.45) is 11.7 Å². The fraction of sp³-hybridized carbons (Fsp3) is 0.615. The van der Waals surface area contributed by atoms with Gasteiger partial charge in [0.15, 0.2) is 0 Å². The third-order valence-corrected chi connectivity index (χ3v) is 4.03. The quantitative estimate of drug-likeness (QED) is 0.744. The average molecular weight is 300 g/mol. The second kappa shape index (κ2) is 7.35. The maximum atomic E-state index is 11.6. The number of carbonyl (C=O) groups is 2. The maximum absolute atomic E-state index is 11.6. The molecule has 6 nitrogen and oxygen atoms in total. The molecule has 0 saturated carbocycles. The standard InChI is InChI=1S/C13H20N2O4S/c1-7(2)12-15-9(6-20-12)5-19-10(16)4-8(3)11(14)13(17)18/h6-8,11H,4-5,14H2,1-3H3,(H,17,18)/t8?,11-/m0/s1. The fourth-order valence-electron chi connectivity index (χ4n) is 1.50. The number of carboxylic acid groups (broad SMARTS) is 1. The number of carboxylic acids is 1. The molecule has 0 amide bonds. The van der Waals surface area contributed by atoms with Crippen molar-refractivity contribution in [3.63, 3.8) is 0 Å². The molecule has 1 aromatic rings. The number of nitrogens with zero attached hydrogens (tertiary/aromatic N) is 1. The zero-order valence-electron chi connectivity index (χ0n) is 11.8. The highest BCUT2D eigenvalue weighted by Crippen LogP contribution is 2.19. The van der Waals surface area contributed by atoms with E-state index in [1.54, 1.807) is 6.92 Å². The monoisotopic (exact) mass is 300 g/mol. The Morgan fingerprint density at radius 1 is 1.45 bits per heavy atom. The smallest absolute Gasteiger partial charge is 0.320 e. The minimum Gasteiger partial charge on any atom is -0.480 e. The molecule has 0 aliphatic heterocycles. The largest absolute Gasteiger partial charge is 0.480 e. The highest BCUT2D eigenvalue weighted by molar-refractivity contribution is 7.09.